The molecule has 17 heavy (non-hydrogen) atoms. The molecule has 1 aromatic carbocycles. The van der Waals surface area contributed by atoms with Gasteiger partial charge in [-0.1, -0.05) is 31.6 Å². The monoisotopic (exact) mass is 320 g/mol. The van der Waals surface area contributed by atoms with Crippen LogP contribution in [0.3, 0.4) is 0 Å². The molecule has 92 valence electrons. The van der Waals surface area contributed by atoms with Crippen molar-refractivity contribution in [1.82, 2.24) is 0 Å². The lowest BCUT2D eigenvalue weighted by molar-refractivity contribution is -0.137. The highest BCUT2D eigenvalue weighted by Gasteiger charge is 2.33. The lowest BCUT2D eigenvalue weighted by atomic mass is 10.1. The third kappa shape index (κ3) is 4.21. The molecule has 0 aliphatic rings. The highest BCUT2D eigenvalue weighted by atomic mass is 79.9. The number of benzene rings is 1. The van der Waals surface area contributed by atoms with Crippen LogP contribution >= 0.6 is 15.9 Å². The van der Waals surface area contributed by atoms with Gasteiger partial charge in [-0.05, 0) is 28.1 Å². The summed E-state index contributed by atoms with van der Waals surface area (Å²) in [6.07, 6.45) is -4.37. The zero-order valence-electron chi connectivity index (χ0n) is 9.74. The van der Waals surface area contributed by atoms with E-state index in [1.807, 2.05) is 19.6 Å². The predicted molar refractivity (Wildman–Crippen MR) is 69.4 cm³/mol. The van der Waals surface area contributed by atoms with Crippen LogP contribution in [0.4, 0.5) is 13.2 Å². The highest BCUT2D eigenvalue weighted by Crippen LogP contribution is 2.34. The Bertz CT molecular complexity index is 475. The molecule has 0 N–H and O–H groups in total. The second-order valence-corrected chi connectivity index (χ2v) is 10.3. The van der Waals surface area contributed by atoms with Crippen LogP contribution < -0.4 is 0 Å². The van der Waals surface area contributed by atoms with E-state index in [4.69, 9.17) is 0 Å². The van der Waals surface area contributed by atoms with E-state index in [1.54, 1.807) is 6.07 Å². The Kier molecular flexibility index (Phi) is 4.10. The summed E-state index contributed by atoms with van der Waals surface area (Å²) in [4.78, 5) is 0. The first-order chi connectivity index (χ1) is 7.61. The van der Waals surface area contributed by atoms with Gasteiger partial charge in [-0.3, -0.25) is 0 Å². The summed E-state index contributed by atoms with van der Waals surface area (Å²) >= 11 is 3.12. The van der Waals surface area contributed by atoms with Crippen molar-refractivity contribution >= 4 is 24.0 Å². The van der Waals surface area contributed by atoms with Crippen LogP contribution in [-0.2, 0) is 6.18 Å². The summed E-state index contributed by atoms with van der Waals surface area (Å²) in [6, 6.07) is 4.00. The first-order valence-corrected chi connectivity index (χ1v) is 9.29. The number of rotatable bonds is 0. The van der Waals surface area contributed by atoms with Gasteiger partial charge in [-0.25, -0.2) is 0 Å². The molecule has 0 unspecified atom stereocenters. The van der Waals surface area contributed by atoms with Crippen LogP contribution in [0.1, 0.15) is 11.1 Å². The van der Waals surface area contributed by atoms with Crippen LogP contribution in [0.15, 0.2) is 22.7 Å². The summed E-state index contributed by atoms with van der Waals surface area (Å²) < 4.78 is 38.7. The van der Waals surface area contributed by atoms with E-state index >= 15 is 0 Å². The Labute approximate surface area is 108 Å². The maximum atomic E-state index is 12.8. The Balaban J connectivity index is 3.36. The molecule has 0 aliphatic carbocycles. The molecule has 0 heterocycles. The van der Waals surface area contributed by atoms with Crippen molar-refractivity contribution in [2.24, 2.45) is 0 Å². The fourth-order valence-electron chi connectivity index (χ4n) is 1.14. The van der Waals surface area contributed by atoms with Gasteiger partial charge in [0.25, 0.3) is 0 Å². The van der Waals surface area contributed by atoms with Crippen molar-refractivity contribution in [2.45, 2.75) is 25.8 Å². The maximum Gasteiger partial charge on any atom is 0.417 e. The average molecular weight is 321 g/mol. The maximum absolute atomic E-state index is 12.8. The molecule has 0 aromatic heterocycles. The zero-order valence-corrected chi connectivity index (χ0v) is 12.3. The largest absolute Gasteiger partial charge is 0.417 e. The molecule has 0 radical (unpaired) electrons. The summed E-state index contributed by atoms with van der Waals surface area (Å²) in [7, 11) is -1.69. The van der Waals surface area contributed by atoms with Crippen molar-refractivity contribution in [3.8, 4) is 11.5 Å². The minimum Gasteiger partial charge on any atom is -0.166 e. The topological polar surface area (TPSA) is 0 Å². The predicted octanol–water partition coefficient (Wildman–Crippen LogP) is 4.70. The molecule has 0 saturated carbocycles. The van der Waals surface area contributed by atoms with E-state index in [1.165, 1.54) is 6.07 Å². The Morgan fingerprint density at radius 2 is 1.76 bits per heavy atom. The van der Waals surface area contributed by atoms with Crippen molar-refractivity contribution < 1.29 is 13.2 Å². The third-order valence-electron chi connectivity index (χ3n) is 1.88. The van der Waals surface area contributed by atoms with Crippen LogP contribution in [0.2, 0.25) is 19.6 Å². The van der Waals surface area contributed by atoms with Crippen molar-refractivity contribution in [1.29, 1.82) is 0 Å². The molecule has 0 fully saturated rings. The van der Waals surface area contributed by atoms with Gasteiger partial charge in [0.1, 0.15) is 8.07 Å². The van der Waals surface area contributed by atoms with Crippen LogP contribution in [0, 0.1) is 11.5 Å². The number of alkyl halides is 3. The lowest BCUT2D eigenvalue weighted by Crippen LogP contribution is -2.16. The van der Waals surface area contributed by atoms with E-state index < -0.39 is 19.8 Å². The molecule has 0 atom stereocenters. The second kappa shape index (κ2) is 4.87. The van der Waals surface area contributed by atoms with Gasteiger partial charge in [0.15, 0.2) is 0 Å². The highest BCUT2D eigenvalue weighted by molar-refractivity contribution is 9.10. The van der Waals surface area contributed by atoms with E-state index in [-0.39, 0.29) is 5.56 Å². The molecule has 0 bridgehead atoms. The Morgan fingerprint density at radius 3 is 2.24 bits per heavy atom. The molecule has 0 aliphatic heterocycles. The number of halogens is 4. The SMILES string of the molecule is C[Si](C)(C)C#Cc1c(Br)cccc1C(F)(F)F. The Morgan fingerprint density at radius 1 is 1.18 bits per heavy atom. The summed E-state index contributed by atoms with van der Waals surface area (Å²) in [5.41, 5.74) is 2.30. The fraction of sp³-hybridized carbons (Fsp3) is 0.333. The number of hydrogen-bond donors (Lipinski definition) is 0. The third-order valence-corrected chi connectivity index (χ3v) is 3.42. The summed E-state index contributed by atoms with van der Waals surface area (Å²) in [6.45, 7) is 5.97. The molecular formula is C12H12BrF3Si. The van der Waals surface area contributed by atoms with Gasteiger partial charge in [0.05, 0.1) is 11.1 Å². The van der Waals surface area contributed by atoms with Crippen molar-refractivity contribution in [2.75, 3.05) is 0 Å². The normalized spacial score (nSPS) is 11.9. The smallest absolute Gasteiger partial charge is 0.166 e. The molecule has 0 saturated heterocycles. The van der Waals surface area contributed by atoms with Gasteiger partial charge in [0.2, 0.25) is 0 Å². The summed E-state index contributed by atoms with van der Waals surface area (Å²) in [5, 5.41) is 0. The van der Waals surface area contributed by atoms with Crippen LogP contribution in [-0.4, -0.2) is 8.07 Å². The lowest BCUT2D eigenvalue weighted by Gasteiger charge is -2.11. The number of hydrogen-bond acceptors (Lipinski definition) is 0. The first-order valence-electron chi connectivity index (χ1n) is 5.00. The van der Waals surface area contributed by atoms with E-state index in [0.29, 0.717) is 4.47 Å². The van der Waals surface area contributed by atoms with Gasteiger partial charge in [-0.2, -0.15) is 13.2 Å². The van der Waals surface area contributed by atoms with Crippen molar-refractivity contribution in [3.05, 3.63) is 33.8 Å². The van der Waals surface area contributed by atoms with Crippen LogP contribution in [0.25, 0.3) is 0 Å². The molecule has 0 spiro atoms. The minimum absolute atomic E-state index is 0.0300. The molecule has 1 rings (SSSR count). The van der Waals surface area contributed by atoms with Crippen molar-refractivity contribution in [3.63, 3.8) is 0 Å². The molecule has 5 heteroatoms. The average Bonchev–Trinajstić information content (AvgIpc) is 2.12. The van der Waals surface area contributed by atoms with Gasteiger partial charge in [-0.15, -0.1) is 5.54 Å². The van der Waals surface area contributed by atoms with E-state index in [0.717, 1.165) is 6.07 Å². The van der Waals surface area contributed by atoms with Gasteiger partial charge < -0.3 is 0 Å². The fourth-order valence-corrected chi connectivity index (χ4v) is 2.10. The molecule has 1 aromatic rings. The quantitative estimate of drug-likeness (QED) is 0.480. The molecular weight excluding hydrogens is 309 g/mol. The summed E-state index contributed by atoms with van der Waals surface area (Å²) in [5.74, 6) is 2.67. The van der Waals surface area contributed by atoms with E-state index in [9.17, 15) is 13.2 Å². The zero-order chi connectivity index (χ0) is 13.3. The molecule has 0 nitrogen and oxygen atoms in total. The van der Waals surface area contributed by atoms with Gasteiger partial charge >= 0.3 is 6.18 Å². The van der Waals surface area contributed by atoms with Gasteiger partial charge in [0, 0.05) is 4.47 Å². The molecule has 0 amide bonds. The van der Waals surface area contributed by atoms with E-state index in [2.05, 4.69) is 27.4 Å². The minimum atomic E-state index is -4.37. The Hall–Kier alpha value is -0.733. The standard InChI is InChI=1S/C12H12BrF3Si/c1-17(2,3)8-7-9-10(12(14,15)16)5-4-6-11(9)13/h4-6H,1-3H3. The first kappa shape index (κ1) is 14.3. The van der Waals surface area contributed by atoms with Crippen LogP contribution in [0.5, 0.6) is 0 Å². The second-order valence-electron chi connectivity index (χ2n) is 4.66.